The van der Waals surface area contributed by atoms with Gasteiger partial charge in [-0.1, -0.05) is 0 Å². The maximum atomic E-state index is 12.4. The summed E-state index contributed by atoms with van der Waals surface area (Å²) in [6.07, 6.45) is -2.94. The van der Waals surface area contributed by atoms with Crippen LogP contribution >= 0.6 is 0 Å². The third-order valence-corrected chi connectivity index (χ3v) is 1.97. The van der Waals surface area contributed by atoms with Gasteiger partial charge >= 0.3 is 5.97 Å². The lowest BCUT2D eigenvalue weighted by atomic mass is 10.2. The highest BCUT2D eigenvalue weighted by Gasteiger charge is 2.20. The third-order valence-electron chi connectivity index (χ3n) is 1.97. The second-order valence-electron chi connectivity index (χ2n) is 3.02. The fourth-order valence-corrected chi connectivity index (χ4v) is 1.20. The number of ether oxygens (including phenoxy) is 2. The number of hydrogen-bond acceptors (Lipinski definition) is 4. The molecule has 0 unspecified atom stereocenters. The molecule has 0 aliphatic rings. The Bertz CT molecular complexity index is 470. The van der Waals surface area contributed by atoms with Gasteiger partial charge in [-0.05, 0) is 13.0 Å². The molecule has 0 fully saturated rings. The first kappa shape index (κ1) is 13.1. The SMILES string of the molecule is CCOC(=O)c1[nH]c(=O)c(C(F)F)cc1OC. The van der Waals surface area contributed by atoms with Crippen molar-refractivity contribution in [1.82, 2.24) is 4.98 Å². The van der Waals surface area contributed by atoms with Crippen molar-refractivity contribution in [3.63, 3.8) is 0 Å². The van der Waals surface area contributed by atoms with E-state index in [1.54, 1.807) is 6.92 Å². The average molecular weight is 247 g/mol. The molecular formula is C10H11F2NO4. The molecule has 0 saturated carbocycles. The third kappa shape index (κ3) is 2.80. The molecule has 0 atom stereocenters. The standard InChI is InChI=1S/C10H11F2NO4/c1-3-17-10(15)7-6(16-2)4-5(8(11)12)9(14)13-7/h4,8H,3H2,1-2H3,(H,13,14). The summed E-state index contributed by atoms with van der Waals surface area (Å²) in [6, 6.07) is 0.829. The summed E-state index contributed by atoms with van der Waals surface area (Å²) in [5, 5.41) is 0. The van der Waals surface area contributed by atoms with Gasteiger partial charge in [0, 0.05) is 0 Å². The number of aromatic amines is 1. The number of H-pyrrole nitrogens is 1. The number of pyridine rings is 1. The normalized spacial score (nSPS) is 10.4. The van der Waals surface area contributed by atoms with Crippen molar-refractivity contribution in [2.24, 2.45) is 0 Å². The van der Waals surface area contributed by atoms with E-state index in [1.165, 1.54) is 7.11 Å². The molecule has 17 heavy (non-hydrogen) atoms. The number of hydrogen-bond donors (Lipinski definition) is 1. The summed E-state index contributed by atoms with van der Waals surface area (Å²) in [4.78, 5) is 24.7. The van der Waals surface area contributed by atoms with Crippen LogP contribution in [0.5, 0.6) is 5.75 Å². The topological polar surface area (TPSA) is 68.4 Å². The van der Waals surface area contributed by atoms with Crippen molar-refractivity contribution in [1.29, 1.82) is 0 Å². The Labute approximate surface area is 95.4 Å². The van der Waals surface area contributed by atoms with Crippen molar-refractivity contribution in [3.05, 3.63) is 27.7 Å². The minimum Gasteiger partial charge on any atom is -0.494 e. The summed E-state index contributed by atoms with van der Waals surface area (Å²) in [5.41, 5.74) is -2.07. The molecule has 1 rings (SSSR count). The van der Waals surface area contributed by atoms with Crippen LogP contribution in [0.4, 0.5) is 8.78 Å². The number of halogens is 2. The molecule has 0 amide bonds. The zero-order valence-electron chi connectivity index (χ0n) is 9.25. The predicted octanol–water partition coefficient (Wildman–Crippen LogP) is 1.50. The maximum Gasteiger partial charge on any atom is 0.358 e. The molecule has 0 aliphatic heterocycles. The van der Waals surface area contributed by atoms with Gasteiger partial charge in [-0.2, -0.15) is 0 Å². The fourth-order valence-electron chi connectivity index (χ4n) is 1.20. The van der Waals surface area contributed by atoms with Crippen molar-refractivity contribution < 1.29 is 23.0 Å². The zero-order valence-corrected chi connectivity index (χ0v) is 9.25. The smallest absolute Gasteiger partial charge is 0.358 e. The number of carbonyl (C=O) groups is 1. The van der Waals surface area contributed by atoms with Gasteiger partial charge in [0.15, 0.2) is 11.4 Å². The van der Waals surface area contributed by atoms with E-state index in [2.05, 4.69) is 4.74 Å². The predicted molar refractivity (Wildman–Crippen MR) is 54.5 cm³/mol. The molecule has 0 spiro atoms. The minimum absolute atomic E-state index is 0.0978. The highest BCUT2D eigenvalue weighted by Crippen LogP contribution is 2.22. The van der Waals surface area contributed by atoms with Gasteiger partial charge in [0.2, 0.25) is 0 Å². The van der Waals surface area contributed by atoms with E-state index in [0.29, 0.717) is 0 Å². The molecule has 1 N–H and O–H groups in total. The van der Waals surface area contributed by atoms with Crippen LogP contribution in [-0.2, 0) is 4.74 Å². The maximum absolute atomic E-state index is 12.4. The van der Waals surface area contributed by atoms with Crippen molar-refractivity contribution in [3.8, 4) is 5.75 Å². The van der Waals surface area contributed by atoms with E-state index < -0.39 is 23.5 Å². The van der Waals surface area contributed by atoms with E-state index in [0.717, 1.165) is 6.07 Å². The van der Waals surface area contributed by atoms with Crippen LogP contribution in [0.2, 0.25) is 0 Å². The Morgan fingerprint density at radius 2 is 2.18 bits per heavy atom. The van der Waals surface area contributed by atoms with Crippen LogP contribution in [0.3, 0.4) is 0 Å². The van der Waals surface area contributed by atoms with E-state index >= 15 is 0 Å². The lowest BCUT2D eigenvalue weighted by Gasteiger charge is -2.09. The zero-order chi connectivity index (χ0) is 13.0. The Morgan fingerprint density at radius 3 is 2.65 bits per heavy atom. The molecule has 0 radical (unpaired) electrons. The number of methoxy groups -OCH3 is 1. The van der Waals surface area contributed by atoms with Crippen molar-refractivity contribution >= 4 is 5.97 Å². The van der Waals surface area contributed by atoms with Crippen LogP contribution in [0.15, 0.2) is 10.9 Å². The minimum atomic E-state index is -2.94. The summed E-state index contributed by atoms with van der Waals surface area (Å²) in [7, 11) is 1.20. The van der Waals surface area contributed by atoms with Gasteiger partial charge in [-0.15, -0.1) is 0 Å². The molecule has 0 saturated heterocycles. The molecule has 7 heteroatoms. The highest BCUT2D eigenvalue weighted by atomic mass is 19.3. The van der Waals surface area contributed by atoms with Gasteiger partial charge in [0.25, 0.3) is 12.0 Å². The molecule has 5 nitrogen and oxygen atoms in total. The monoisotopic (exact) mass is 247 g/mol. The largest absolute Gasteiger partial charge is 0.494 e. The van der Waals surface area contributed by atoms with Crippen molar-refractivity contribution in [2.75, 3.05) is 13.7 Å². The Hall–Kier alpha value is -1.92. The van der Waals surface area contributed by atoms with Crippen LogP contribution in [0.1, 0.15) is 29.4 Å². The fraction of sp³-hybridized carbons (Fsp3) is 0.400. The van der Waals surface area contributed by atoms with Crippen LogP contribution in [0, 0.1) is 0 Å². The van der Waals surface area contributed by atoms with E-state index in [4.69, 9.17) is 4.74 Å². The molecule has 0 bridgehead atoms. The Kier molecular flexibility index (Phi) is 4.19. The number of aromatic nitrogens is 1. The molecular weight excluding hydrogens is 236 g/mol. The van der Waals surface area contributed by atoms with E-state index in [1.807, 2.05) is 4.98 Å². The number of alkyl halides is 2. The summed E-state index contributed by atoms with van der Waals surface area (Å²) >= 11 is 0. The quantitative estimate of drug-likeness (QED) is 0.818. The second kappa shape index (κ2) is 5.42. The van der Waals surface area contributed by atoms with Gasteiger partial charge in [0.05, 0.1) is 19.3 Å². The van der Waals surface area contributed by atoms with Crippen LogP contribution < -0.4 is 10.3 Å². The molecule has 0 aliphatic carbocycles. The summed E-state index contributed by atoms with van der Waals surface area (Å²) in [5.74, 6) is -0.986. The Morgan fingerprint density at radius 1 is 1.53 bits per heavy atom. The Balaban J connectivity index is 3.28. The lowest BCUT2D eigenvalue weighted by molar-refractivity contribution is 0.0514. The molecule has 1 aromatic heterocycles. The second-order valence-corrected chi connectivity index (χ2v) is 3.02. The first-order chi connectivity index (χ1) is 8.01. The van der Waals surface area contributed by atoms with Crippen LogP contribution in [-0.4, -0.2) is 24.7 Å². The first-order valence-corrected chi connectivity index (χ1v) is 4.77. The molecule has 1 aromatic rings. The van der Waals surface area contributed by atoms with E-state index in [9.17, 15) is 18.4 Å². The highest BCUT2D eigenvalue weighted by molar-refractivity contribution is 5.90. The number of carbonyl (C=O) groups excluding carboxylic acids is 1. The average Bonchev–Trinajstić information content (AvgIpc) is 2.28. The van der Waals surface area contributed by atoms with Gasteiger partial charge in [-0.3, -0.25) is 4.79 Å². The van der Waals surface area contributed by atoms with Crippen LogP contribution in [0.25, 0.3) is 0 Å². The van der Waals surface area contributed by atoms with Crippen molar-refractivity contribution in [2.45, 2.75) is 13.3 Å². The number of nitrogens with one attached hydrogen (secondary N) is 1. The molecule has 94 valence electrons. The summed E-state index contributed by atoms with van der Waals surface area (Å²) in [6.45, 7) is 1.68. The lowest BCUT2D eigenvalue weighted by Crippen LogP contribution is -2.20. The molecule has 1 heterocycles. The number of esters is 1. The summed E-state index contributed by atoms with van der Waals surface area (Å²) < 4.78 is 34.3. The van der Waals surface area contributed by atoms with E-state index in [-0.39, 0.29) is 18.1 Å². The van der Waals surface area contributed by atoms with Gasteiger partial charge in [0.1, 0.15) is 0 Å². The van der Waals surface area contributed by atoms with Gasteiger partial charge in [-0.25, -0.2) is 13.6 Å². The van der Waals surface area contributed by atoms with Gasteiger partial charge < -0.3 is 14.5 Å². The molecule has 0 aromatic carbocycles. The first-order valence-electron chi connectivity index (χ1n) is 4.77. The number of rotatable bonds is 4.